The lowest BCUT2D eigenvalue weighted by atomic mass is 9.97. The fourth-order valence-electron chi connectivity index (χ4n) is 3.39. The van der Waals surface area contributed by atoms with Crippen LogP contribution in [0.1, 0.15) is 55.3 Å². The molecule has 1 aliphatic heterocycles. The van der Waals surface area contributed by atoms with E-state index in [4.69, 9.17) is 0 Å². The Morgan fingerprint density at radius 3 is 3.00 bits per heavy atom. The van der Waals surface area contributed by atoms with Crippen LogP contribution in [0.2, 0.25) is 0 Å². The number of nitrogens with zero attached hydrogens (tertiary/aromatic N) is 5. The van der Waals surface area contributed by atoms with Gasteiger partial charge in [0.1, 0.15) is 11.5 Å². The van der Waals surface area contributed by atoms with Gasteiger partial charge in [0, 0.05) is 38.3 Å². The minimum absolute atomic E-state index is 0.00609. The van der Waals surface area contributed by atoms with Crippen molar-refractivity contribution in [2.75, 3.05) is 13.1 Å². The van der Waals surface area contributed by atoms with Crippen LogP contribution in [-0.4, -0.2) is 48.4 Å². The summed E-state index contributed by atoms with van der Waals surface area (Å²) in [6, 6.07) is 1.78. The smallest absolute Gasteiger partial charge is 0.337 e. The van der Waals surface area contributed by atoms with Gasteiger partial charge in [0.15, 0.2) is 0 Å². The third-order valence-electron chi connectivity index (χ3n) is 4.55. The fourth-order valence-corrected chi connectivity index (χ4v) is 3.39. The Kier molecular flexibility index (Phi) is 4.82. The van der Waals surface area contributed by atoms with Gasteiger partial charge in [0.25, 0.3) is 5.91 Å². The van der Waals surface area contributed by atoms with Gasteiger partial charge in [-0.15, -0.1) is 0 Å². The molecule has 3 rings (SSSR count). The molecule has 1 fully saturated rings. The molecule has 24 heavy (non-hydrogen) atoms. The zero-order valence-corrected chi connectivity index (χ0v) is 14.2. The van der Waals surface area contributed by atoms with E-state index in [1.807, 2.05) is 11.8 Å². The first-order valence-electron chi connectivity index (χ1n) is 8.61. The summed E-state index contributed by atoms with van der Waals surface area (Å²) < 4.78 is 3.42. The van der Waals surface area contributed by atoms with E-state index in [2.05, 4.69) is 22.2 Å². The van der Waals surface area contributed by atoms with Crippen molar-refractivity contribution in [3.05, 3.63) is 34.3 Å². The molecule has 1 saturated heterocycles. The molecule has 0 saturated carbocycles. The van der Waals surface area contributed by atoms with E-state index in [-0.39, 0.29) is 17.5 Å². The molecule has 0 bridgehead atoms. The molecule has 0 aromatic carbocycles. The van der Waals surface area contributed by atoms with E-state index in [0.717, 1.165) is 38.2 Å². The summed E-state index contributed by atoms with van der Waals surface area (Å²) >= 11 is 0. The molecular weight excluding hydrogens is 308 g/mol. The van der Waals surface area contributed by atoms with E-state index in [1.54, 1.807) is 21.5 Å². The summed E-state index contributed by atoms with van der Waals surface area (Å²) in [6.07, 6.45) is 4.44. The largest absolute Gasteiger partial charge is 0.343 e. The second kappa shape index (κ2) is 7.02. The standard InChI is InChI=1S/C16H24N6O2/c1-3-9-22-13(7-8-17-22)15(23)20-10-5-6-12(11-20)14-18-19-16(24)21(14)4-2/h7-8,12H,3-6,9-11H2,1-2H3,(H,19,24)/t12-/m0/s1. The van der Waals surface area contributed by atoms with Crippen LogP contribution in [0.15, 0.2) is 17.1 Å². The maximum absolute atomic E-state index is 12.9. The molecule has 0 spiro atoms. The number of rotatable bonds is 5. The van der Waals surface area contributed by atoms with E-state index in [0.29, 0.717) is 18.8 Å². The maximum atomic E-state index is 12.9. The van der Waals surface area contributed by atoms with E-state index >= 15 is 0 Å². The monoisotopic (exact) mass is 332 g/mol. The highest BCUT2D eigenvalue weighted by Gasteiger charge is 2.29. The van der Waals surface area contributed by atoms with Crippen molar-refractivity contribution in [3.63, 3.8) is 0 Å². The summed E-state index contributed by atoms with van der Waals surface area (Å²) in [5.74, 6) is 0.845. The van der Waals surface area contributed by atoms with Crippen LogP contribution in [-0.2, 0) is 13.1 Å². The highest BCUT2D eigenvalue weighted by atomic mass is 16.2. The third-order valence-corrected chi connectivity index (χ3v) is 4.55. The van der Waals surface area contributed by atoms with Crippen LogP contribution in [0.25, 0.3) is 0 Å². The molecule has 8 nitrogen and oxygen atoms in total. The normalized spacial score (nSPS) is 18.1. The molecule has 2 aromatic rings. The van der Waals surface area contributed by atoms with Gasteiger partial charge in [-0.2, -0.15) is 10.2 Å². The molecular formula is C16H24N6O2. The fraction of sp³-hybridized carbons (Fsp3) is 0.625. The number of aryl methyl sites for hydroxylation is 1. The van der Waals surface area contributed by atoms with Gasteiger partial charge in [-0.1, -0.05) is 6.92 Å². The highest BCUT2D eigenvalue weighted by molar-refractivity contribution is 5.92. The van der Waals surface area contributed by atoms with Crippen molar-refractivity contribution in [1.29, 1.82) is 0 Å². The van der Waals surface area contributed by atoms with Crippen molar-refractivity contribution < 1.29 is 4.79 Å². The molecule has 0 aliphatic carbocycles. The first-order chi connectivity index (χ1) is 11.7. The number of piperidine rings is 1. The van der Waals surface area contributed by atoms with Gasteiger partial charge in [-0.05, 0) is 32.3 Å². The van der Waals surface area contributed by atoms with Crippen molar-refractivity contribution in [2.45, 2.75) is 52.1 Å². The predicted molar refractivity (Wildman–Crippen MR) is 88.9 cm³/mol. The number of hydrogen-bond donors (Lipinski definition) is 1. The quantitative estimate of drug-likeness (QED) is 0.891. The van der Waals surface area contributed by atoms with E-state index in [1.165, 1.54) is 0 Å². The first-order valence-corrected chi connectivity index (χ1v) is 8.61. The number of aromatic amines is 1. The molecule has 1 aliphatic rings. The Bertz CT molecular complexity index is 759. The van der Waals surface area contributed by atoms with Crippen LogP contribution in [0.5, 0.6) is 0 Å². The van der Waals surface area contributed by atoms with Gasteiger partial charge in [0.2, 0.25) is 0 Å². The molecule has 1 atom stereocenters. The Morgan fingerprint density at radius 2 is 2.25 bits per heavy atom. The summed E-state index contributed by atoms with van der Waals surface area (Å²) in [5.41, 5.74) is 0.449. The van der Waals surface area contributed by atoms with E-state index in [9.17, 15) is 9.59 Å². The highest BCUT2D eigenvalue weighted by Crippen LogP contribution is 2.26. The minimum Gasteiger partial charge on any atom is -0.337 e. The Balaban J connectivity index is 1.79. The average molecular weight is 332 g/mol. The minimum atomic E-state index is -0.183. The number of nitrogens with one attached hydrogen (secondary N) is 1. The topological polar surface area (TPSA) is 88.8 Å². The zero-order valence-electron chi connectivity index (χ0n) is 14.2. The van der Waals surface area contributed by atoms with E-state index < -0.39 is 0 Å². The Labute approximate surface area is 140 Å². The van der Waals surface area contributed by atoms with Crippen LogP contribution in [0.4, 0.5) is 0 Å². The van der Waals surface area contributed by atoms with Gasteiger partial charge in [-0.3, -0.25) is 14.0 Å². The summed E-state index contributed by atoms with van der Waals surface area (Å²) in [6.45, 7) is 6.62. The van der Waals surface area contributed by atoms with Crippen molar-refractivity contribution in [2.24, 2.45) is 0 Å². The van der Waals surface area contributed by atoms with Crippen LogP contribution in [0, 0.1) is 0 Å². The number of aromatic nitrogens is 5. The molecule has 0 unspecified atom stereocenters. The van der Waals surface area contributed by atoms with Gasteiger partial charge in [-0.25, -0.2) is 9.89 Å². The number of carbonyl (C=O) groups is 1. The van der Waals surface area contributed by atoms with Crippen molar-refractivity contribution in [3.8, 4) is 0 Å². The van der Waals surface area contributed by atoms with Crippen molar-refractivity contribution >= 4 is 5.91 Å². The molecule has 130 valence electrons. The number of hydrogen-bond acceptors (Lipinski definition) is 4. The molecule has 2 aromatic heterocycles. The van der Waals surface area contributed by atoms with Gasteiger partial charge < -0.3 is 4.90 Å². The van der Waals surface area contributed by atoms with Crippen LogP contribution in [0.3, 0.4) is 0 Å². The summed E-state index contributed by atoms with van der Waals surface area (Å²) in [4.78, 5) is 26.5. The molecule has 1 N–H and O–H groups in total. The number of amides is 1. The van der Waals surface area contributed by atoms with Gasteiger partial charge in [0.05, 0.1) is 0 Å². The molecule has 3 heterocycles. The molecule has 1 amide bonds. The number of carbonyl (C=O) groups excluding carboxylic acids is 1. The van der Waals surface area contributed by atoms with Crippen LogP contribution >= 0.6 is 0 Å². The first kappa shape index (κ1) is 16.5. The summed E-state index contributed by atoms with van der Waals surface area (Å²) in [5, 5.41) is 10.9. The van der Waals surface area contributed by atoms with Gasteiger partial charge >= 0.3 is 5.69 Å². The number of likely N-dealkylation sites (tertiary alicyclic amines) is 1. The second-order valence-electron chi connectivity index (χ2n) is 6.16. The lowest BCUT2D eigenvalue weighted by molar-refractivity contribution is 0.0690. The lowest BCUT2D eigenvalue weighted by Crippen LogP contribution is -2.41. The van der Waals surface area contributed by atoms with Crippen molar-refractivity contribution in [1.82, 2.24) is 29.4 Å². The third kappa shape index (κ3) is 3.00. The SMILES string of the molecule is CCCn1nccc1C(=O)N1CCC[C@H](c2n[nH]c(=O)n2CC)C1. The lowest BCUT2D eigenvalue weighted by Gasteiger charge is -2.32. The Hall–Kier alpha value is -2.38. The zero-order chi connectivity index (χ0) is 17.1. The second-order valence-corrected chi connectivity index (χ2v) is 6.16. The molecule has 8 heteroatoms. The number of H-pyrrole nitrogens is 1. The molecule has 0 radical (unpaired) electrons. The summed E-state index contributed by atoms with van der Waals surface area (Å²) in [7, 11) is 0. The Morgan fingerprint density at radius 1 is 1.42 bits per heavy atom. The predicted octanol–water partition coefficient (Wildman–Crippen LogP) is 1.22. The van der Waals surface area contributed by atoms with Crippen LogP contribution < -0.4 is 5.69 Å². The average Bonchev–Trinajstić information content (AvgIpc) is 3.21. The maximum Gasteiger partial charge on any atom is 0.343 e.